The molecule has 38 heavy (non-hydrogen) atoms. The number of esters is 2. The zero-order valence-corrected chi connectivity index (χ0v) is 21.5. The van der Waals surface area contributed by atoms with Crippen LogP contribution in [0.1, 0.15) is 42.2 Å². The third-order valence-electron chi connectivity index (χ3n) is 5.21. The van der Waals surface area contributed by atoms with Crippen molar-refractivity contribution < 1.29 is 23.9 Å². The van der Waals surface area contributed by atoms with Crippen molar-refractivity contribution in [1.82, 2.24) is 5.43 Å². The molecule has 0 spiro atoms. The molecule has 0 atom stereocenters. The first kappa shape index (κ1) is 26.6. The number of hydrazone groups is 1. The molecule has 0 aliphatic rings. The molecule has 0 aliphatic heterocycles. The average molecular weight is 547 g/mol. The quantitative estimate of drug-likeness (QED) is 0.123. The van der Waals surface area contributed by atoms with Gasteiger partial charge in [-0.2, -0.15) is 5.10 Å². The summed E-state index contributed by atoms with van der Waals surface area (Å²) in [6, 6.07) is 23.8. The van der Waals surface area contributed by atoms with E-state index in [4.69, 9.17) is 32.7 Å². The summed E-state index contributed by atoms with van der Waals surface area (Å²) >= 11 is 11.8. The largest absolute Gasteiger partial charge is 0.423 e. The molecule has 0 radical (unpaired) electrons. The SMILES string of the molecule is Cc1cccc(C(=O)N/N=C\c2ccc(OC(=O)c3ccc(Cl)cc3)cc2OC(=O)c2ccc(Cl)cc2)c1. The monoisotopic (exact) mass is 546 g/mol. The number of carbonyl (C=O) groups is 3. The number of aryl methyl sites for hydroxylation is 1. The first-order chi connectivity index (χ1) is 18.3. The van der Waals surface area contributed by atoms with Crippen molar-refractivity contribution in [1.29, 1.82) is 0 Å². The van der Waals surface area contributed by atoms with E-state index >= 15 is 0 Å². The summed E-state index contributed by atoms with van der Waals surface area (Å²) in [5, 5.41) is 4.94. The number of ether oxygens (including phenoxy) is 2. The fraction of sp³-hybridized carbons (Fsp3) is 0.0345. The van der Waals surface area contributed by atoms with Crippen molar-refractivity contribution >= 4 is 47.3 Å². The van der Waals surface area contributed by atoms with E-state index in [1.807, 2.05) is 13.0 Å². The highest BCUT2D eigenvalue weighted by Crippen LogP contribution is 2.26. The molecule has 0 aliphatic carbocycles. The van der Waals surface area contributed by atoms with Crippen LogP contribution in [-0.4, -0.2) is 24.1 Å². The second kappa shape index (κ2) is 12.2. The Morgan fingerprint density at radius 1 is 0.737 bits per heavy atom. The average Bonchev–Trinajstić information content (AvgIpc) is 2.90. The van der Waals surface area contributed by atoms with Crippen LogP contribution in [0.15, 0.2) is 96.1 Å². The number of amides is 1. The van der Waals surface area contributed by atoms with Crippen LogP contribution in [-0.2, 0) is 0 Å². The van der Waals surface area contributed by atoms with Gasteiger partial charge in [0.1, 0.15) is 11.5 Å². The number of rotatable bonds is 7. The zero-order chi connectivity index (χ0) is 27.1. The minimum Gasteiger partial charge on any atom is -0.423 e. The predicted octanol–water partition coefficient (Wildman–Crippen LogP) is 6.50. The molecule has 0 aromatic heterocycles. The van der Waals surface area contributed by atoms with Gasteiger partial charge in [0, 0.05) is 27.2 Å². The number of hydrogen-bond donors (Lipinski definition) is 1. The van der Waals surface area contributed by atoms with E-state index in [9.17, 15) is 14.4 Å². The maximum Gasteiger partial charge on any atom is 0.343 e. The van der Waals surface area contributed by atoms with Crippen LogP contribution in [0, 0.1) is 6.92 Å². The lowest BCUT2D eigenvalue weighted by molar-refractivity contribution is 0.0732. The van der Waals surface area contributed by atoms with E-state index in [0.29, 0.717) is 26.7 Å². The smallest absolute Gasteiger partial charge is 0.343 e. The standard InChI is InChI=1S/C29H20Cl2N2O5/c1-18-3-2-4-21(15-18)27(34)33-32-17-22-9-14-25(37-28(35)19-5-10-23(30)11-6-19)16-26(22)38-29(36)20-7-12-24(31)13-8-20/h2-17H,1H3,(H,33,34)/b32-17-. The lowest BCUT2D eigenvalue weighted by atomic mass is 10.1. The van der Waals surface area contributed by atoms with Gasteiger partial charge in [0.2, 0.25) is 0 Å². The van der Waals surface area contributed by atoms with E-state index in [0.717, 1.165) is 5.56 Å². The van der Waals surface area contributed by atoms with Crippen molar-refractivity contribution in [2.24, 2.45) is 5.10 Å². The summed E-state index contributed by atoms with van der Waals surface area (Å²) in [4.78, 5) is 37.7. The van der Waals surface area contributed by atoms with Gasteiger partial charge in [0.25, 0.3) is 5.91 Å². The summed E-state index contributed by atoms with van der Waals surface area (Å²) in [6.07, 6.45) is 1.32. The molecule has 4 rings (SSSR count). The molecule has 0 saturated carbocycles. The van der Waals surface area contributed by atoms with Crippen molar-refractivity contribution in [2.45, 2.75) is 6.92 Å². The van der Waals surface area contributed by atoms with E-state index in [2.05, 4.69) is 10.5 Å². The second-order valence-electron chi connectivity index (χ2n) is 8.06. The zero-order valence-electron chi connectivity index (χ0n) is 20.0. The molecule has 4 aromatic carbocycles. The molecule has 0 saturated heterocycles. The van der Waals surface area contributed by atoms with Crippen LogP contribution in [0.25, 0.3) is 0 Å². The number of halogens is 2. The van der Waals surface area contributed by atoms with Crippen molar-refractivity contribution in [3.63, 3.8) is 0 Å². The van der Waals surface area contributed by atoms with Crippen molar-refractivity contribution in [3.8, 4) is 11.5 Å². The van der Waals surface area contributed by atoms with Gasteiger partial charge >= 0.3 is 11.9 Å². The van der Waals surface area contributed by atoms with Gasteiger partial charge in [-0.15, -0.1) is 0 Å². The minimum absolute atomic E-state index is 0.0555. The van der Waals surface area contributed by atoms with Crippen LogP contribution in [0.4, 0.5) is 0 Å². The normalized spacial score (nSPS) is 10.7. The fourth-order valence-corrected chi connectivity index (χ4v) is 3.53. The van der Waals surface area contributed by atoms with Gasteiger partial charge in [-0.05, 0) is 79.7 Å². The van der Waals surface area contributed by atoms with Crippen LogP contribution in [0.2, 0.25) is 10.0 Å². The van der Waals surface area contributed by atoms with Gasteiger partial charge in [0.05, 0.1) is 17.3 Å². The Kier molecular flexibility index (Phi) is 8.53. The van der Waals surface area contributed by atoms with Crippen molar-refractivity contribution in [3.05, 3.63) is 129 Å². The maximum absolute atomic E-state index is 12.8. The Balaban J connectivity index is 1.56. The molecular formula is C29H20Cl2N2O5. The maximum atomic E-state index is 12.8. The highest BCUT2D eigenvalue weighted by atomic mass is 35.5. The number of benzene rings is 4. The number of nitrogens with one attached hydrogen (secondary N) is 1. The number of hydrogen-bond acceptors (Lipinski definition) is 6. The Hall–Kier alpha value is -4.46. The minimum atomic E-state index is -0.665. The summed E-state index contributed by atoms with van der Waals surface area (Å²) in [6.45, 7) is 1.88. The van der Waals surface area contributed by atoms with Gasteiger partial charge in [-0.1, -0.05) is 40.9 Å². The molecular weight excluding hydrogens is 527 g/mol. The topological polar surface area (TPSA) is 94.1 Å². The molecule has 190 valence electrons. The summed E-state index contributed by atoms with van der Waals surface area (Å²) in [5.74, 6) is -1.51. The molecule has 0 bridgehead atoms. The molecule has 9 heteroatoms. The predicted molar refractivity (Wildman–Crippen MR) is 146 cm³/mol. The van der Waals surface area contributed by atoms with E-state index < -0.39 is 17.8 Å². The Morgan fingerprint density at radius 2 is 1.34 bits per heavy atom. The van der Waals surface area contributed by atoms with E-state index in [-0.39, 0.29) is 17.1 Å². The third-order valence-corrected chi connectivity index (χ3v) is 5.71. The number of carbonyl (C=O) groups excluding carboxylic acids is 3. The Morgan fingerprint density at radius 3 is 1.95 bits per heavy atom. The summed E-state index contributed by atoms with van der Waals surface area (Å²) < 4.78 is 11.0. The molecule has 0 heterocycles. The van der Waals surface area contributed by atoms with Gasteiger partial charge in [-0.25, -0.2) is 15.0 Å². The third kappa shape index (κ3) is 7.06. The lowest BCUT2D eigenvalue weighted by Gasteiger charge is -2.11. The molecule has 1 N–H and O–H groups in total. The van der Waals surface area contributed by atoms with Crippen LogP contribution >= 0.6 is 23.2 Å². The second-order valence-corrected chi connectivity index (χ2v) is 8.93. The molecule has 0 fully saturated rings. The van der Waals surface area contributed by atoms with Gasteiger partial charge in [0.15, 0.2) is 0 Å². The van der Waals surface area contributed by atoms with Crippen LogP contribution in [0.3, 0.4) is 0 Å². The molecule has 4 aromatic rings. The Bertz CT molecular complexity index is 1520. The van der Waals surface area contributed by atoms with E-state index in [1.165, 1.54) is 48.7 Å². The molecule has 1 amide bonds. The number of nitrogens with zero attached hydrogens (tertiary/aromatic N) is 1. The lowest BCUT2D eigenvalue weighted by Crippen LogP contribution is -2.18. The van der Waals surface area contributed by atoms with Crippen molar-refractivity contribution in [2.75, 3.05) is 0 Å². The summed E-state index contributed by atoms with van der Waals surface area (Å²) in [7, 11) is 0. The van der Waals surface area contributed by atoms with Crippen LogP contribution < -0.4 is 14.9 Å². The van der Waals surface area contributed by atoms with Gasteiger partial charge < -0.3 is 9.47 Å². The fourth-order valence-electron chi connectivity index (χ4n) is 3.28. The first-order valence-electron chi connectivity index (χ1n) is 11.3. The van der Waals surface area contributed by atoms with Gasteiger partial charge in [-0.3, -0.25) is 4.79 Å². The van der Waals surface area contributed by atoms with E-state index in [1.54, 1.807) is 42.5 Å². The highest BCUT2D eigenvalue weighted by Gasteiger charge is 2.15. The highest BCUT2D eigenvalue weighted by molar-refractivity contribution is 6.31. The summed E-state index contributed by atoms with van der Waals surface area (Å²) in [5.41, 5.74) is 4.72. The molecule has 7 nitrogen and oxygen atoms in total. The van der Waals surface area contributed by atoms with Crippen LogP contribution in [0.5, 0.6) is 11.5 Å². The Labute approximate surface area is 228 Å². The first-order valence-corrected chi connectivity index (χ1v) is 12.0. The molecule has 0 unspecified atom stereocenters.